The molecule has 1 atom stereocenters. The van der Waals surface area contributed by atoms with Crippen molar-refractivity contribution >= 4 is 15.7 Å². The SMILES string of the molecule is CS(=O)(=O)CC1(CC(=O)N2CCC3(CCN(Cc4ccccc4)C3)C2)CC1. The number of hydrogen-bond acceptors (Lipinski definition) is 4. The zero-order valence-electron chi connectivity index (χ0n) is 16.2. The Hall–Kier alpha value is -1.40. The van der Waals surface area contributed by atoms with Gasteiger partial charge in [-0.15, -0.1) is 0 Å². The van der Waals surface area contributed by atoms with Crippen LogP contribution in [0.1, 0.15) is 37.7 Å². The first kappa shape index (κ1) is 18.9. The average Bonchev–Trinajstić information content (AvgIpc) is 3.04. The van der Waals surface area contributed by atoms with Crippen molar-refractivity contribution < 1.29 is 13.2 Å². The molecule has 3 aliphatic rings. The average molecular weight is 391 g/mol. The summed E-state index contributed by atoms with van der Waals surface area (Å²) in [5.74, 6) is 0.324. The molecule has 2 aliphatic heterocycles. The third-order valence-electron chi connectivity index (χ3n) is 6.61. The molecule has 6 heteroatoms. The van der Waals surface area contributed by atoms with E-state index in [4.69, 9.17) is 0 Å². The number of sulfone groups is 1. The van der Waals surface area contributed by atoms with Crippen LogP contribution in [0.4, 0.5) is 0 Å². The third-order valence-corrected chi connectivity index (χ3v) is 7.75. The Balaban J connectivity index is 1.32. The van der Waals surface area contributed by atoms with E-state index >= 15 is 0 Å². The first-order chi connectivity index (χ1) is 12.8. The summed E-state index contributed by atoms with van der Waals surface area (Å²) >= 11 is 0. The van der Waals surface area contributed by atoms with Gasteiger partial charge in [-0.3, -0.25) is 9.69 Å². The maximum atomic E-state index is 12.8. The largest absolute Gasteiger partial charge is 0.342 e. The van der Waals surface area contributed by atoms with Gasteiger partial charge in [0, 0.05) is 44.3 Å². The molecule has 0 radical (unpaired) electrons. The van der Waals surface area contributed by atoms with Crippen molar-refractivity contribution in [1.82, 2.24) is 9.80 Å². The monoisotopic (exact) mass is 390 g/mol. The Morgan fingerprint density at radius 2 is 1.74 bits per heavy atom. The molecule has 5 nitrogen and oxygen atoms in total. The minimum atomic E-state index is -3.03. The Labute approximate surface area is 162 Å². The number of hydrogen-bond donors (Lipinski definition) is 0. The molecule has 0 N–H and O–H groups in total. The minimum absolute atomic E-state index is 0.162. The summed E-state index contributed by atoms with van der Waals surface area (Å²) in [7, 11) is -3.03. The maximum absolute atomic E-state index is 12.8. The minimum Gasteiger partial charge on any atom is -0.342 e. The highest BCUT2D eigenvalue weighted by atomic mass is 32.2. The lowest BCUT2D eigenvalue weighted by Gasteiger charge is -2.26. The van der Waals surface area contributed by atoms with Crippen LogP contribution in [0.3, 0.4) is 0 Å². The molecule has 1 aromatic carbocycles. The van der Waals surface area contributed by atoms with Crippen molar-refractivity contribution in [3.8, 4) is 0 Å². The second kappa shape index (κ2) is 6.89. The van der Waals surface area contributed by atoms with Crippen molar-refractivity contribution in [3.05, 3.63) is 35.9 Å². The molecule has 0 bridgehead atoms. The number of carbonyl (C=O) groups is 1. The Morgan fingerprint density at radius 1 is 1.04 bits per heavy atom. The highest BCUT2D eigenvalue weighted by Crippen LogP contribution is 2.50. The van der Waals surface area contributed by atoms with E-state index in [2.05, 4.69) is 29.2 Å². The summed E-state index contributed by atoms with van der Waals surface area (Å²) in [6.45, 7) is 4.79. The highest BCUT2D eigenvalue weighted by molar-refractivity contribution is 7.90. The smallest absolute Gasteiger partial charge is 0.223 e. The molecular formula is C21H30N2O3S. The molecule has 27 heavy (non-hydrogen) atoms. The first-order valence-corrected chi connectivity index (χ1v) is 12.0. The van der Waals surface area contributed by atoms with Gasteiger partial charge in [0.05, 0.1) is 5.75 Å². The Kier molecular flexibility index (Phi) is 4.83. The normalized spacial score (nSPS) is 27.4. The molecule has 1 aromatic rings. The van der Waals surface area contributed by atoms with E-state index in [0.29, 0.717) is 6.42 Å². The van der Waals surface area contributed by atoms with Gasteiger partial charge in [0.1, 0.15) is 9.84 Å². The van der Waals surface area contributed by atoms with Crippen LogP contribution in [0.25, 0.3) is 0 Å². The van der Waals surface area contributed by atoms with Gasteiger partial charge in [-0.1, -0.05) is 30.3 Å². The van der Waals surface area contributed by atoms with Gasteiger partial charge in [0.2, 0.25) is 5.91 Å². The quantitative estimate of drug-likeness (QED) is 0.748. The Bertz CT molecular complexity index is 804. The van der Waals surface area contributed by atoms with Crippen molar-refractivity contribution in [3.63, 3.8) is 0 Å². The molecule has 1 amide bonds. The fourth-order valence-corrected chi connectivity index (χ4v) is 6.53. The summed E-state index contributed by atoms with van der Waals surface area (Å²) in [6, 6.07) is 10.6. The van der Waals surface area contributed by atoms with Gasteiger partial charge in [0.25, 0.3) is 0 Å². The van der Waals surface area contributed by atoms with E-state index in [1.165, 1.54) is 11.8 Å². The lowest BCUT2D eigenvalue weighted by molar-refractivity contribution is -0.131. The molecular weight excluding hydrogens is 360 g/mol. The van der Waals surface area contributed by atoms with Crippen molar-refractivity contribution in [2.75, 3.05) is 38.2 Å². The zero-order chi connectivity index (χ0) is 19.1. The van der Waals surface area contributed by atoms with Gasteiger partial charge in [0.15, 0.2) is 0 Å². The van der Waals surface area contributed by atoms with Crippen molar-refractivity contribution in [2.24, 2.45) is 10.8 Å². The highest BCUT2D eigenvalue weighted by Gasteiger charge is 2.49. The second-order valence-electron chi connectivity index (χ2n) is 9.26. The number of likely N-dealkylation sites (tertiary alicyclic amines) is 2. The summed E-state index contributed by atoms with van der Waals surface area (Å²) in [4.78, 5) is 17.3. The van der Waals surface area contributed by atoms with Crippen LogP contribution in [0.5, 0.6) is 0 Å². The van der Waals surface area contributed by atoms with E-state index in [0.717, 1.165) is 58.4 Å². The molecule has 1 aliphatic carbocycles. The van der Waals surface area contributed by atoms with Crippen LogP contribution in [0.2, 0.25) is 0 Å². The summed E-state index contributed by atoms with van der Waals surface area (Å²) < 4.78 is 23.3. The van der Waals surface area contributed by atoms with Crippen LogP contribution in [0.15, 0.2) is 30.3 Å². The first-order valence-electron chi connectivity index (χ1n) is 9.99. The summed E-state index contributed by atoms with van der Waals surface area (Å²) in [6.07, 6.45) is 5.65. The van der Waals surface area contributed by atoms with Crippen LogP contribution < -0.4 is 0 Å². The fourth-order valence-electron chi connectivity index (χ4n) is 5.02. The standard InChI is InChI=1S/C21H30N2O3S/c1-27(25,26)17-20(7-8-20)13-19(24)23-12-10-21(16-23)9-11-22(15-21)14-18-5-3-2-4-6-18/h2-6H,7-17H2,1H3. The van der Waals surface area contributed by atoms with E-state index in [-0.39, 0.29) is 22.5 Å². The molecule has 1 saturated carbocycles. The predicted octanol–water partition coefficient (Wildman–Crippen LogP) is 2.33. The Morgan fingerprint density at radius 3 is 2.41 bits per heavy atom. The van der Waals surface area contributed by atoms with Gasteiger partial charge < -0.3 is 4.90 Å². The van der Waals surface area contributed by atoms with Gasteiger partial charge in [-0.2, -0.15) is 0 Å². The fraction of sp³-hybridized carbons (Fsp3) is 0.667. The van der Waals surface area contributed by atoms with Crippen molar-refractivity contribution in [2.45, 2.75) is 38.6 Å². The maximum Gasteiger partial charge on any atom is 0.223 e. The number of benzene rings is 1. The zero-order valence-corrected chi connectivity index (χ0v) is 17.0. The molecule has 2 saturated heterocycles. The van der Waals surface area contributed by atoms with Gasteiger partial charge in [-0.25, -0.2) is 8.42 Å². The second-order valence-corrected chi connectivity index (χ2v) is 11.4. The van der Waals surface area contributed by atoms with Crippen LogP contribution >= 0.6 is 0 Å². The molecule has 1 spiro atoms. The molecule has 3 fully saturated rings. The predicted molar refractivity (Wildman–Crippen MR) is 106 cm³/mol. The van der Waals surface area contributed by atoms with Gasteiger partial charge in [-0.05, 0) is 43.2 Å². The topological polar surface area (TPSA) is 57.7 Å². The van der Waals surface area contributed by atoms with E-state index in [9.17, 15) is 13.2 Å². The number of rotatable bonds is 6. The van der Waals surface area contributed by atoms with E-state index < -0.39 is 9.84 Å². The number of amides is 1. The lowest BCUT2D eigenvalue weighted by Crippen LogP contribution is -2.35. The van der Waals surface area contributed by atoms with Crippen LogP contribution in [-0.4, -0.2) is 62.3 Å². The van der Waals surface area contributed by atoms with Gasteiger partial charge >= 0.3 is 0 Å². The van der Waals surface area contributed by atoms with E-state index in [1.54, 1.807) is 0 Å². The van der Waals surface area contributed by atoms with Crippen LogP contribution in [-0.2, 0) is 21.2 Å². The lowest BCUT2D eigenvalue weighted by atomic mass is 9.86. The molecule has 0 aromatic heterocycles. The number of carbonyl (C=O) groups excluding carboxylic acids is 1. The molecule has 2 heterocycles. The van der Waals surface area contributed by atoms with Crippen molar-refractivity contribution in [1.29, 1.82) is 0 Å². The molecule has 1 unspecified atom stereocenters. The third kappa shape index (κ3) is 4.54. The molecule has 4 rings (SSSR count). The number of nitrogens with zero attached hydrogens (tertiary/aromatic N) is 2. The van der Waals surface area contributed by atoms with E-state index in [1.807, 2.05) is 11.0 Å². The molecule has 148 valence electrons. The summed E-state index contributed by atoms with van der Waals surface area (Å²) in [5.41, 5.74) is 1.31. The summed E-state index contributed by atoms with van der Waals surface area (Å²) in [5, 5.41) is 0. The van der Waals surface area contributed by atoms with Crippen LogP contribution in [0, 0.1) is 10.8 Å².